The number of benzene rings is 3. The van der Waals surface area contributed by atoms with E-state index in [1.807, 2.05) is 25.1 Å². The molecule has 0 radical (unpaired) electrons. The summed E-state index contributed by atoms with van der Waals surface area (Å²) in [5.74, 6) is 0.391. The number of rotatable bonds is 10. The number of ether oxygens (including phenoxy) is 2. The number of nitro groups is 1. The fourth-order valence-electron chi connectivity index (χ4n) is 2.89. The minimum absolute atomic E-state index is 0.0232. The standard InChI is InChI=1S/C23H22ClN3O5/c1-2-31-21-13-16(14-25-17-8-10-19(11-9-17)27(29)30)12-20(24)23(21)32-15-22(28)26-18-6-4-3-5-7-18/h3-13,25H,2,14-15H2,1H3,(H,26,28). The molecule has 0 atom stereocenters. The van der Waals surface area contributed by atoms with Crippen molar-refractivity contribution in [1.82, 2.24) is 0 Å². The molecule has 0 bridgehead atoms. The van der Waals surface area contributed by atoms with E-state index < -0.39 is 4.92 Å². The molecule has 166 valence electrons. The summed E-state index contributed by atoms with van der Waals surface area (Å²) < 4.78 is 11.3. The summed E-state index contributed by atoms with van der Waals surface area (Å²) >= 11 is 6.41. The van der Waals surface area contributed by atoms with Crippen LogP contribution in [0.2, 0.25) is 5.02 Å². The maximum absolute atomic E-state index is 12.2. The molecular formula is C23H22ClN3O5. The summed E-state index contributed by atoms with van der Waals surface area (Å²) in [7, 11) is 0. The Bertz CT molecular complexity index is 1070. The molecule has 0 fully saturated rings. The third-order valence-electron chi connectivity index (χ3n) is 4.35. The lowest BCUT2D eigenvalue weighted by atomic mass is 10.2. The molecule has 0 saturated heterocycles. The predicted octanol–water partition coefficient (Wildman–Crippen LogP) is 5.28. The van der Waals surface area contributed by atoms with Crippen molar-refractivity contribution >= 4 is 34.6 Å². The van der Waals surface area contributed by atoms with E-state index in [0.717, 1.165) is 11.3 Å². The van der Waals surface area contributed by atoms with E-state index in [0.29, 0.717) is 29.6 Å². The molecule has 3 rings (SSSR count). The van der Waals surface area contributed by atoms with Crippen molar-refractivity contribution in [2.45, 2.75) is 13.5 Å². The highest BCUT2D eigenvalue weighted by Gasteiger charge is 2.15. The normalized spacial score (nSPS) is 10.3. The van der Waals surface area contributed by atoms with Crippen LogP contribution >= 0.6 is 11.6 Å². The number of amides is 1. The Morgan fingerprint density at radius 3 is 2.41 bits per heavy atom. The van der Waals surface area contributed by atoms with Crippen molar-refractivity contribution in [2.75, 3.05) is 23.8 Å². The molecule has 0 heterocycles. The minimum atomic E-state index is -0.448. The summed E-state index contributed by atoms with van der Waals surface area (Å²) in [5.41, 5.74) is 2.24. The number of nitrogens with one attached hydrogen (secondary N) is 2. The largest absolute Gasteiger partial charge is 0.490 e. The lowest BCUT2D eigenvalue weighted by Gasteiger charge is -2.16. The number of non-ortho nitro benzene ring substituents is 1. The van der Waals surface area contributed by atoms with E-state index >= 15 is 0 Å². The molecule has 0 aliphatic rings. The molecule has 3 aromatic carbocycles. The fraction of sp³-hybridized carbons (Fsp3) is 0.174. The molecule has 0 aromatic heterocycles. The third-order valence-corrected chi connectivity index (χ3v) is 4.63. The Kier molecular flexibility index (Phi) is 7.88. The van der Waals surface area contributed by atoms with Gasteiger partial charge in [-0.3, -0.25) is 14.9 Å². The highest BCUT2D eigenvalue weighted by atomic mass is 35.5. The van der Waals surface area contributed by atoms with Crippen LogP contribution in [0.3, 0.4) is 0 Å². The molecule has 0 spiro atoms. The molecule has 32 heavy (non-hydrogen) atoms. The summed E-state index contributed by atoms with van der Waals surface area (Å²) in [4.78, 5) is 22.5. The van der Waals surface area contributed by atoms with Crippen molar-refractivity contribution in [3.05, 3.63) is 87.4 Å². The second-order valence-corrected chi connectivity index (χ2v) is 7.11. The molecule has 9 heteroatoms. The van der Waals surface area contributed by atoms with Crippen molar-refractivity contribution < 1.29 is 19.2 Å². The van der Waals surface area contributed by atoms with Crippen LogP contribution in [0, 0.1) is 10.1 Å². The van der Waals surface area contributed by atoms with E-state index in [2.05, 4.69) is 10.6 Å². The molecule has 1 amide bonds. The first kappa shape index (κ1) is 22.9. The number of carbonyl (C=O) groups is 1. The zero-order chi connectivity index (χ0) is 22.9. The van der Waals surface area contributed by atoms with Crippen molar-refractivity contribution in [1.29, 1.82) is 0 Å². The number of para-hydroxylation sites is 1. The Labute approximate surface area is 190 Å². The van der Waals surface area contributed by atoms with Crippen molar-refractivity contribution in [3.8, 4) is 11.5 Å². The third kappa shape index (κ3) is 6.36. The van der Waals surface area contributed by atoms with E-state index in [1.165, 1.54) is 12.1 Å². The molecule has 3 aromatic rings. The van der Waals surface area contributed by atoms with Gasteiger partial charge in [0.1, 0.15) is 0 Å². The lowest BCUT2D eigenvalue weighted by Crippen LogP contribution is -2.20. The van der Waals surface area contributed by atoms with E-state index in [1.54, 1.807) is 36.4 Å². The molecule has 0 aliphatic heterocycles. The van der Waals surface area contributed by atoms with Gasteiger partial charge in [-0.1, -0.05) is 29.8 Å². The quantitative estimate of drug-likeness (QED) is 0.318. The first-order chi connectivity index (χ1) is 15.5. The van der Waals surface area contributed by atoms with Crippen LogP contribution in [0.5, 0.6) is 11.5 Å². The summed E-state index contributed by atoms with van der Waals surface area (Å²) in [6, 6.07) is 18.7. The highest BCUT2D eigenvalue weighted by molar-refractivity contribution is 6.32. The fourth-order valence-corrected chi connectivity index (χ4v) is 3.18. The maximum Gasteiger partial charge on any atom is 0.269 e. The van der Waals surface area contributed by atoms with Gasteiger partial charge >= 0.3 is 0 Å². The molecule has 0 saturated carbocycles. The monoisotopic (exact) mass is 455 g/mol. The van der Waals surface area contributed by atoms with Crippen LogP contribution < -0.4 is 20.1 Å². The summed E-state index contributed by atoms with van der Waals surface area (Å²) in [6.07, 6.45) is 0. The zero-order valence-electron chi connectivity index (χ0n) is 17.3. The van der Waals surface area contributed by atoms with Gasteiger partial charge in [0.15, 0.2) is 18.1 Å². The Hall–Kier alpha value is -3.78. The molecule has 0 aliphatic carbocycles. The molecular weight excluding hydrogens is 434 g/mol. The van der Waals surface area contributed by atoms with Gasteiger partial charge in [-0.25, -0.2) is 0 Å². The van der Waals surface area contributed by atoms with Crippen LogP contribution in [-0.2, 0) is 11.3 Å². The smallest absolute Gasteiger partial charge is 0.269 e. The Morgan fingerprint density at radius 2 is 1.75 bits per heavy atom. The summed E-state index contributed by atoms with van der Waals surface area (Å²) in [5, 5.41) is 17.0. The second-order valence-electron chi connectivity index (χ2n) is 6.70. The van der Waals surface area contributed by atoms with Gasteiger partial charge in [0.05, 0.1) is 16.6 Å². The first-order valence-electron chi connectivity index (χ1n) is 9.87. The maximum atomic E-state index is 12.2. The SMILES string of the molecule is CCOc1cc(CNc2ccc([N+](=O)[O-])cc2)cc(Cl)c1OCC(=O)Nc1ccccc1. The van der Waals surface area contributed by atoms with Gasteiger partial charge in [-0.2, -0.15) is 0 Å². The number of hydrogen-bond acceptors (Lipinski definition) is 6. The lowest BCUT2D eigenvalue weighted by molar-refractivity contribution is -0.384. The Morgan fingerprint density at radius 1 is 1.03 bits per heavy atom. The molecule has 2 N–H and O–H groups in total. The van der Waals surface area contributed by atoms with Gasteiger partial charge in [-0.05, 0) is 48.9 Å². The summed E-state index contributed by atoms with van der Waals surface area (Å²) in [6.45, 7) is 2.41. The first-order valence-corrected chi connectivity index (χ1v) is 10.2. The van der Waals surface area contributed by atoms with Crippen LogP contribution in [0.25, 0.3) is 0 Å². The van der Waals surface area contributed by atoms with Crippen molar-refractivity contribution in [2.24, 2.45) is 0 Å². The van der Waals surface area contributed by atoms with Gasteiger partial charge in [-0.15, -0.1) is 0 Å². The van der Waals surface area contributed by atoms with E-state index in [-0.39, 0.29) is 24.0 Å². The second kappa shape index (κ2) is 11.0. The zero-order valence-corrected chi connectivity index (χ0v) is 18.1. The number of anilines is 2. The number of carbonyl (C=O) groups excluding carboxylic acids is 1. The highest BCUT2D eigenvalue weighted by Crippen LogP contribution is 2.37. The molecule has 0 unspecified atom stereocenters. The van der Waals surface area contributed by atoms with Crippen LogP contribution in [0.15, 0.2) is 66.7 Å². The van der Waals surface area contributed by atoms with Gasteiger partial charge in [0.25, 0.3) is 11.6 Å². The van der Waals surface area contributed by atoms with Crippen LogP contribution in [0.1, 0.15) is 12.5 Å². The van der Waals surface area contributed by atoms with E-state index in [9.17, 15) is 14.9 Å². The van der Waals surface area contributed by atoms with Gasteiger partial charge in [0.2, 0.25) is 0 Å². The number of nitrogens with zero attached hydrogens (tertiary/aromatic N) is 1. The Balaban J connectivity index is 1.65. The van der Waals surface area contributed by atoms with Gasteiger partial charge in [0, 0.05) is 30.1 Å². The minimum Gasteiger partial charge on any atom is -0.490 e. The van der Waals surface area contributed by atoms with Crippen LogP contribution in [-0.4, -0.2) is 24.0 Å². The van der Waals surface area contributed by atoms with Gasteiger partial charge < -0.3 is 20.1 Å². The van der Waals surface area contributed by atoms with Crippen LogP contribution in [0.4, 0.5) is 17.1 Å². The number of halogens is 1. The van der Waals surface area contributed by atoms with Crippen molar-refractivity contribution in [3.63, 3.8) is 0 Å². The number of nitro benzene ring substituents is 1. The average molecular weight is 456 g/mol. The number of hydrogen-bond donors (Lipinski definition) is 2. The predicted molar refractivity (Wildman–Crippen MR) is 124 cm³/mol. The molecule has 8 nitrogen and oxygen atoms in total. The van der Waals surface area contributed by atoms with E-state index in [4.69, 9.17) is 21.1 Å². The topological polar surface area (TPSA) is 103 Å². The average Bonchev–Trinajstić information content (AvgIpc) is 2.78.